The van der Waals surface area contributed by atoms with E-state index in [4.69, 9.17) is 11.6 Å². The highest BCUT2D eigenvalue weighted by atomic mass is 35.5. The van der Waals surface area contributed by atoms with E-state index in [0.29, 0.717) is 10.6 Å². The van der Waals surface area contributed by atoms with Gasteiger partial charge in [-0.3, -0.25) is 9.69 Å². The van der Waals surface area contributed by atoms with Crippen molar-refractivity contribution in [1.29, 1.82) is 0 Å². The van der Waals surface area contributed by atoms with E-state index in [-0.39, 0.29) is 5.91 Å². The van der Waals surface area contributed by atoms with Crippen LogP contribution >= 0.6 is 11.6 Å². The smallest absolute Gasteiger partial charge is 0.255 e. The average molecular weight is 296 g/mol. The fourth-order valence-electron chi connectivity index (χ4n) is 2.32. The van der Waals surface area contributed by atoms with Crippen molar-refractivity contribution in [2.75, 3.05) is 53.4 Å². The summed E-state index contributed by atoms with van der Waals surface area (Å²) in [7, 11) is 4.16. The van der Waals surface area contributed by atoms with Gasteiger partial charge in [-0.25, -0.2) is 0 Å². The van der Waals surface area contributed by atoms with Crippen molar-refractivity contribution < 1.29 is 4.79 Å². The highest BCUT2D eigenvalue weighted by molar-refractivity contribution is 6.33. The molecule has 4 nitrogen and oxygen atoms in total. The number of piperazine rings is 1. The molecule has 1 amide bonds. The molecule has 20 heavy (non-hydrogen) atoms. The monoisotopic (exact) mass is 295 g/mol. The lowest BCUT2D eigenvalue weighted by Gasteiger charge is -2.35. The summed E-state index contributed by atoms with van der Waals surface area (Å²) in [6, 6.07) is 7.26. The number of halogens is 1. The highest BCUT2D eigenvalue weighted by Gasteiger charge is 2.23. The number of likely N-dealkylation sites (N-methyl/N-ethyl adjacent to an activating group) is 1. The Morgan fingerprint density at radius 1 is 1.20 bits per heavy atom. The van der Waals surface area contributed by atoms with Crippen LogP contribution in [0.25, 0.3) is 0 Å². The molecule has 2 rings (SSSR count). The Morgan fingerprint density at radius 3 is 2.45 bits per heavy atom. The summed E-state index contributed by atoms with van der Waals surface area (Å²) in [5.74, 6) is 0.0443. The maximum atomic E-state index is 12.4. The van der Waals surface area contributed by atoms with Gasteiger partial charge < -0.3 is 9.80 Å². The molecular weight excluding hydrogens is 274 g/mol. The van der Waals surface area contributed by atoms with Crippen molar-refractivity contribution in [3.05, 3.63) is 34.9 Å². The van der Waals surface area contributed by atoms with E-state index in [1.54, 1.807) is 12.1 Å². The first-order chi connectivity index (χ1) is 9.58. The van der Waals surface area contributed by atoms with Gasteiger partial charge in [0, 0.05) is 39.3 Å². The zero-order valence-corrected chi connectivity index (χ0v) is 12.9. The zero-order chi connectivity index (χ0) is 14.5. The zero-order valence-electron chi connectivity index (χ0n) is 12.2. The molecule has 5 heteroatoms. The maximum Gasteiger partial charge on any atom is 0.255 e. The molecule has 0 radical (unpaired) electrons. The molecule has 0 bridgehead atoms. The lowest BCUT2D eigenvalue weighted by atomic mass is 10.2. The fourth-order valence-corrected chi connectivity index (χ4v) is 2.54. The first-order valence-electron chi connectivity index (χ1n) is 6.99. The highest BCUT2D eigenvalue weighted by Crippen LogP contribution is 2.18. The van der Waals surface area contributed by atoms with Gasteiger partial charge in [-0.2, -0.15) is 0 Å². The predicted molar refractivity (Wildman–Crippen MR) is 82.3 cm³/mol. The second-order valence-electron chi connectivity index (χ2n) is 5.42. The number of hydrogen-bond acceptors (Lipinski definition) is 3. The summed E-state index contributed by atoms with van der Waals surface area (Å²) >= 11 is 6.09. The van der Waals surface area contributed by atoms with Crippen LogP contribution < -0.4 is 0 Å². The summed E-state index contributed by atoms with van der Waals surface area (Å²) < 4.78 is 0. The molecule has 1 saturated heterocycles. The topological polar surface area (TPSA) is 26.8 Å². The fraction of sp³-hybridized carbons (Fsp3) is 0.533. The van der Waals surface area contributed by atoms with Crippen LogP contribution in [0.2, 0.25) is 5.02 Å². The van der Waals surface area contributed by atoms with E-state index in [9.17, 15) is 4.79 Å². The molecule has 0 unspecified atom stereocenters. The summed E-state index contributed by atoms with van der Waals surface area (Å²) in [4.78, 5) is 18.9. The molecule has 1 aliphatic heterocycles. The van der Waals surface area contributed by atoms with Gasteiger partial charge in [0.25, 0.3) is 5.91 Å². The lowest BCUT2D eigenvalue weighted by Crippen LogP contribution is -2.50. The van der Waals surface area contributed by atoms with Crippen molar-refractivity contribution >= 4 is 17.5 Å². The molecule has 1 heterocycles. The summed E-state index contributed by atoms with van der Waals surface area (Å²) in [5, 5.41) is 0.535. The Kier molecular flexibility index (Phi) is 5.40. The second-order valence-corrected chi connectivity index (χ2v) is 5.82. The minimum Gasteiger partial charge on any atom is -0.336 e. The van der Waals surface area contributed by atoms with Gasteiger partial charge in [0.2, 0.25) is 0 Å². The van der Waals surface area contributed by atoms with E-state index < -0.39 is 0 Å². The van der Waals surface area contributed by atoms with Crippen molar-refractivity contribution in [3.8, 4) is 0 Å². The van der Waals surface area contributed by atoms with Gasteiger partial charge in [-0.15, -0.1) is 0 Å². The number of nitrogens with zero attached hydrogens (tertiary/aromatic N) is 3. The van der Waals surface area contributed by atoms with E-state index >= 15 is 0 Å². The maximum absolute atomic E-state index is 12.4. The van der Waals surface area contributed by atoms with Crippen LogP contribution in [0.5, 0.6) is 0 Å². The molecule has 0 aliphatic carbocycles. The third-order valence-corrected chi connectivity index (χ3v) is 3.96. The largest absolute Gasteiger partial charge is 0.336 e. The normalized spacial score (nSPS) is 16.7. The van der Waals surface area contributed by atoms with Crippen LogP contribution in [0, 0.1) is 0 Å². The van der Waals surface area contributed by atoms with Crippen molar-refractivity contribution in [1.82, 2.24) is 14.7 Å². The molecule has 0 aromatic heterocycles. The Hall–Kier alpha value is -1.10. The minimum absolute atomic E-state index is 0.0443. The van der Waals surface area contributed by atoms with E-state index in [1.165, 1.54) is 0 Å². The number of amides is 1. The molecule has 110 valence electrons. The molecule has 0 saturated carbocycles. The van der Waals surface area contributed by atoms with Crippen molar-refractivity contribution in [2.45, 2.75) is 0 Å². The standard InChI is InChI=1S/C15H22ClN3O/c1-17(2)7-8-18-9-11-19(12-10-18)15(20)13-5-3-4-6-14(13)16/h3-6H,7-12H2,1-2H3. The van der Waals surface area contributed by atoms with Gasteiger partial charge >= 0.3 is 0 Å². The SMILES string of the molecule is CN(C)CCN1CCN(C(=O)c2ccccc2Cl)CC1. The van der Waals surface area contributed by atoms with Gasteiger partial charge in [0.15, 0.2) is 0 Å². The first kappa shape index (κ1) is 15.3. The Labute approximate surface area is 125 Å². The van der Waals surface area contributed by atoms with Gasteiger partial charge in [-0.1, -0.05) is 23.7 Å². The molecule has 1 aromatic rings. The molecular formula is C15H22ClN3O. The minimum atomic E-state index is 0.0443. The summed E-state index contributed by atoms with van der Waals surface area (Å²) in [6.07, 6.45) is 0. The third kappa shape index (κ3) is 3.95. The van der Waals surface area contributed by atoms with Crippen LogP contribution in [0.15, 0.2) is 24.3 Å². The second kappa shape index (κ2) is 7.07. The van der Waals surface area contributed by atoms with Crippen LogP contribution in [0.1, 0.15) is 10.4 Å². The lowest BCUT2D eigenvalue weighted by molar-refractivity contribution is 0.0630. The number of rotatable bonds is 4. The quantitative estimate of drug-likeness (QED) is 0.845. The number of benzene rings is 1. The third-order valence-electron chi connectivity index (χ3n) is 3.63. The van der Waals surface area contributed by atoms with Crippen molar-refractivity contribution in [2.24, 2.45) is 0 Å². The average Bonchev–Trinajstić information content (AvgIpc) is 2.45. The Morgan fingerprint density at radius 2 is 1.85 bits per heavy atom. The van der Waals surface area contributed by atoms with Crippen LogP contribution in [-0.2, 0) is 0 Å². The number of carbonyl (C=O) groups is 1. The molecule has 1 fully saturated rings. The van der Waals surface area contributed by atoms with E-state index in [2.05, 4.69) is 23.9 Å². The first-order valence-corrected chi connectivity index (χ1v) is 7.36. The predicted octanol–water partition coefficient (Wildman–Crippen LogP) is 1.66. The number of carbonyl (C=O) groups excluding carboxylic acids is 1. The summed E-state index contributed by atoms with van der Waals surface area (Å²) in [5.41, 5.74) is 0.607. The molecule has 1 aliphatic rings. The number of hydrogen-bond donors (Lipinski definition) is 0. The summed E-state index contributed by atoms with van der Waals surface area (Å²) in [6.45, 7) is 5.53. The van der Waals surface area contributed by atoms with Gasteiger partial charge in [0.05, 0.1) is 10.6 Å². The van der Waals surface area contributed by atoms with Gasteiger partial charge in [0.1, 0.15) is 0 Å². The van der Waals surface area contributed by atoms with Crippen LogP contribution in [0.4, 0.5) is 0 Å². The van der Waals surface area contributed by atoms with Crippen LogP contribution in [-0.4, -0.2) is 74.0 Å². The van der Waals surface area contributed by atoms with Crippen LogP contribution in [0.3, 0.4) is 0 Å². The van der Waals surface area contributed by atoms with E-state index in [0.717, 1.165) is 39.3 Å². The van der Waals surface area contributed by atoms with E-state index in [1.807, 2.05) is 17.0 Å². The van der Waals surface area contributed by atoms with Crippen molar-refractivity contribution in [3.63, 3.8) is 0 Å². The molecule has 0 spiro atoms. The molecule has 0 atom stereocenters. The Balaban J connectivity index is 1.88. The molecule has 0 N–H and O–H groups in total. The molecule has 1 aromatic carbocycles. The van der Waals surface area contributed by atoms with Gasteiger partial charge in [-0.05, 0) is 26.2 Å². The Bertz CT molecular complexity index is 456.